The number of nitrogens with zero attached hydrogens (tertiary/aromatic N) is 1. The van der Waals surface area contributed by atoms with Crippen LogP contribution in [0.3, 0.4) is 0 Å². The third kappa shape index (κ3) is 7.35. The van der Waals surface area contributed by atoms with E-state index in [0.29, 0.717) is 19.0 Å². The molecule has 2 aromatic rings. The lowest BCUT2D eigenvalue weighted by atomic mass is 9.96. The molecule has 1 aliphatic rings. The zero-order valence-electron chi connectivity index (χ0n) is 17.0. The highest BCUT2D eigenvalue weighted by Gasteiger charge is 2.21. The maximum atomic E-state index is 12.0. The fourth-order valence-corrected chi connectivity index (χ4v) is 3.71. The zero-order valence-corrected chi connectivity index (χ0v) is 17.0. The molecule has 1 saturated heterocycles. The van der Waals surface area contributed by atoms with Crippen LogP contribution in [-0.4, -0.2) is 49.4 Å². The van der Waals surface area contributed by atoms with Gasteiger partial charge in [-0.3, -0.25) is 9.59 Å². The van der Waals surface area contributed by atoms with Gasteiger partial charge in [-0.15, -0.1) is 0 Å². The number of likely N-dealkylation sites (tertiary alicyclic amines) is 1. The highest BCUT2D eigenvalue weighted by molar-refractivity contribution is 6.35. The molecular formula is C24H31N3O2. The topological polar surface area (TPSA) is 61.4 Å². The standard InChI is InChI=1S/C24H31N3O2/c28-23(25-15-11-20-7-3-1-4-8-20)24(29)26-19-22-13-17-27(18-14-22)16-12-21-9-5-2-6-10-21/h1-10,22H,11-19H2,(H,25,28)(H,26,29). The van der Waals surface area contributed by atoms with Gasteiger partial charge in [0.2, 0.25) is 0 Å². The molecule has 5 nitrogen and oxygen atoms in total. The molecule has 1 aliphatic heterocycles. The van der Waals surface area contributed by atoms with Crippen LogP contribution in [0.5, 0.6) is 0 Å². The minimum Gasteiger partial charge on any atom is -0.348 e. The van der Waals surface area contributed by atoms with Crippen molar-refractivity contribution < 1.29 is 9.59 Å². The molecule has 0 atom stereocenters. The Morgan fingerprint density at radius 1 is 0.793 bits per heavy atom. The molecule has 3 rings (SSSR count). The van der Waals surface area contributed by atoms with Gasteiger partial charge in [0, 0.05) is 19.6 Å². The van der Waals surface area contributed by atoms with Crippen molar-refractivity contribution in [2.45, 2.75) is 25.7 Å². The summed E-state index contributed by atoms with van der Waals surface area (Å²) in [7, 11) is 0. The third-order valence-electron chi connectivity index (χ3n) is 5.57. The van der Waals surface area contributed by atoms with Gasteiger partial charge < -0.3 is 15.5 Å². The van der Waals surface area contributed by atoms with Gasteiger partial charge in [-0.05, 0) is 55.8 Å². The fraction of sp³-hybridized carbons (Fsp3) is 0.417. The first-order chi connectivity index (χ1) is 14.2. The van der Waals surface area contributed by atoms with E-state index in [2.05, 4.69) is 39.8 Å². The fourth-order valence-electron chi connectivity index (χ4n) is 3.71. The largest absolute Gasteiger partial charge is 0.348 e. The second-order valence-corrected chi connectivity index (χ2v) is 7.72. The van der Waals surface area contributed by atoms with E-state index in [1.54, 1.807) is 0 Å². The van der Waals surface area contributed by atoms with Crippen molar-refractivity contribution >= 4 is 11.8 Å². The monoisotopic (exact) mass is 393 g/mol. The van der Waals surface area contributed by atoms with Crippen LogP contribution in [0.2, 0.25) is 0 Å². The molecule has 0 aromatic heterocycles. The average molecular weight is 394 g/mol. The van der Waals surface area contributed by atoms with E-state index >= 15 is 0 Å². The quantitative estimate of drug-likeness (QED) is 0.677. The molecule has 2 aromatic carbocycles. The number of carbonyl (C=O) groups excluding carboxylic acids is 2. The van der Waals surface area contributed by atoms with Crippen molar-refractivity contribution in [3.8, 4) is 0 Å². The summed E-state index contributed by atoms with van der Waals surface area (Å²) < 4.78 is 0. The highest BCUT2D eigenvalue weighted by atomic mass is 16.2. The molecule has 1 heterocycles. The predicted molar refractivity (Wildman–Crippen MR) is 115 cm³/mol. The molecule has 0 radical (unpaired) electrons. The summed E-state index contributed by atoms with van der Waals surface area (Å²) in [4.78, 5) is 26.5. The van der Waals surface area contributed by atoms with Crippen LogP contribution in [-0.2, 0) is 22.4 Å². The number of hydrogen-bond acceptors (Lipinski definition) is 3. The van der Waals surface area contributed by atoms with Crippen LogP contribution < -0.4 is 10.6 Å². The molecule has 2 amide bonds. The molecule has 0 saturated carbocycles. The summed E-state index contributed by atoms with van der Waals surface area (Å²) in [5.74, 6) is -0.616. The van der Waals surface area contributed by atoms with Gasteiger partial charge in [-0.2, -0.15) is 0 Å². The number of rotatable bonds is 8. The van der Waals surface area contributed by atoms with E-state index in [-0.39, 0.29) is 0 Å². The Morgan fingerprint density at radius 2 is 1.34 bits per heavy atom. The Morgan fingerprint density at radius 3 is 1.97 bits per heavy atom. The summed E-state index contributed by atoms with van der Waals surface area (Å²) in [6, 6.07) is 20.5. The summed E-state index contributed by atoms with van der Waals surface area (Å²) >= 11 is 0. The van der Waals surface area contributed by atoms with Crippen molar-refractivity contribution in [2.75, 3.05) is 32.7 Å². The zero-order chi connectivity index (χ0) is 20.3. The summed E-state index contributed by atoms with van der Waals surface area (Å²) in [5, 5.41) is 5.50. The Labute approximate surface area is 173 Å². The van der Waals surface area contributed by atoms with E-state index in [9.17, 15) is 9.59 Å². The van der Waals surface area contributed by atoms with Crippen LogP contribution in [0.15, 0.2) is 60.7 Å². The molecule has 2 N–H and O–H groups in total. The van der Waals surface area contributed by atoms with E-state index in [1.807, 2.05) is 36.4 Å². The summed E-state index contributed by atoms with van der Waals surface area (Å²) in [6.07, 6.45) is 3.92. The minimum atomic E-state index is -0.541. The van der Waals surface area contributed by atoms with Crippen molar-refractivity contribution in [3.05, 3.63) is 71.8 Å². The Bertz CT molecular complexity index is 756. The second kappa shape index (κ2) is 11.4. The predicted octanol–water partition coefficient (Wildman–Crippen LogP) is 2.42. The van der Waals surface area contributed by atoms with Gasteiger partial charge in [-0.1, -0.05) is 60.7 Å². The molecule has 0 spiro atoms. The minimum absolute atomic E-state index is 0.448. The lowest BCUT2D eigenvalue weighted by Gasteiger charge is -2.32. The number of nitrogens with one attached hydrogen (secondary N) is 2. The smallest absolute Gasteiger partial charge is 0.309 e. The number of benzene rings is 2. The number of amides is 2. The van der Waals surface area contributed by atoms with Gasteiger partial charge >= 0.3 is 11.8 Å². The summed E-state index contributed by atoms with van der Waals surface area (Å²) in [6.45, 7) is 4.23. The van der Waals surface area contributed by atoms with Crippen LogP contribution in [0.4, 0.5) is 0 Å². The first-order valence-corrected chi connectivity index (χ1v) is 10.6. The molecule has 1 fully saturated rings. The normalized spacial score (nSPS) is 15.0. The Kier molecular flexibility index (Phi) is 8.25. The molecule has 5 heteroatoms. The SMILES string of the molecule is O=C(NCCc1ccccc1)C(=O)NCC1CCN(CCc2ccccc2)CC1. The van der Waals surface area contributed by atoms with E-state index < -0.39 is 11.8 Å². The van der Waals surface area contributed by atoms with Gasteiger partial charge in [0.1, 0.15) is 0 Å². The number of hydrogen-bond donors (Lipinski definition) is 2. The van der Waals surface area contributed by atoms with Crippen molar-refractivity contribution in [1.29, 1.82) is 0 Å². The molecule has 0 unspecified atom stereocenters. The molecular weight excluding hydrogens is 362 g/mol. The molecule has 154 valence electrons. The van der Waals surface area contributed by atoms with Crippen molar-refractivity contribution in [2.24, 2.45) is 5.92 Å². The number of piperidine rings is 1. The third-order valence-corrected chi connectivity index (χ3v) is 5.57. The maximum Gasteiger partial charge on any atom is 0.309 e. The van der Waals surface area contributed by atoms with Crippen molar-refractivity contribution in [1.82, 2.24) is 15.5 Å². The van der Waals surface area contributed by atoms with Crippen LogP contribution in [0.25, 0.3) is 0 Å². The lowest BCUT2D eigenvalue weighted by Crippen LogP contribution is -2.44. The number of carbonyl (C=O) groups is 2. The van der Waals surface area contributed by atoms with Gasteiger partial charge in [0.05, 0.1) is 0 Å². The maximum absolute atomic E-state index is 12.0. The van der Waals surface area contributed by atoms with Gasteiger partial charge in [-0.25, -0.2) is 0 Å². The molecule has 29 heavy (non-hydrogen) atoms. The summed E-state index contributed by atoms with van der Waals surface area (Å²) in [5.41, 5.74) is 2.52. The highest BCUT2D eigenvalue weighted by Crippen LogP contribution is 2.16. The van der Waals surface area contributed by atoms with Crippen LogP contribution in [0.1, 0.15) is 24.0 Å². The van der Waals surface area contributed by atoms with E-state index in [0.717, 1.165) is 50.9 Å². The van der Waals surface area contributed by atoms with E-state index in [4.69, 9.17) is 0 Å². The van der Waals surface area contributed by atoms with E-state index in [1.165, 1.54) is 5.56 Å². The average Bonchev–Trinajstić information content (AvgIpc) is 2.78. The first-order valence-electron chi connectivity index (χ1n) is 10.6. The second-order valence-electron chi connectivity index (χ2n) is 7.72. The first kappa shape index (κ1) is 21.1. The van der Waals surface area contributed by atoms with Crippen LogP contribution >= 0.6 is 0 Å². The van der Waals surface area contributed by atoms with Crippen molar-refractivity contribution in [3.63, 3.8) is 0 Å². The Balaban J connectivity index is 1.27. The van der Waals surface area contributed by atoms with Gasteiger partial charge in [0.15, 0.2) is 0 Å². The van der Waals surface area contributed by atoms with Gasteiger partial charge in [0.25, 0.3) is 0 Å². The molecule has 0 bridgehead atoms. The Hall–Kier alpha value is -2.66. The lowest BCUT2D eigenvalue weighted by molar-refractivity contribution is -0.139. The molecule has 0 aliphatic carbocycles. The van der Waals surface area contributed by atoms with Crippen LogP contribution in [0, 0.1) is 5.92 Å².